The minimum absolute atomic E-state index is 0.134. The maximum atomic E-state index is 12.9. The van der Waals surface area contributed by atoms with Crippen LogP contribution < -0.4 is 5.56 Å². The molecule has 0 spiro atoms. The number of thiophene rings is 1. The van der Waals surface area contributed by atoms with E-state index in [9.17, 15) is 9.59 Å². The molecule has 0 radical (unpaired) electrons. The van der Waals surface area contributed by atoms with E-state index in [1.807, 2.05) is 69.3 Å². The second-order valence-corrected chi connectivity index (χ2v) is 9.56. The molecule has 0 fully saturated rings. The van der Waals surface area contributed by atoms with Crippen LogP contribution in [0.1, 0.15) is 34.6 Å². The molecular formula is C24H22N2O3S2. The Bertz CT molecular complexity index is 1290. The van der Waals surface area contributed by atoms with Crippen molar-refractivity contribution in [2.75, 3.05) is 0 Å². The second-order valence-electron chi connectivity index (χ2n) is 7.39. The first-order valence-corrected chi connectivity index (χ1v) is 11.7. The number of rotatable bonds is 6. The van der Waals surface area contributed by atoms with Gasteiger partial charge in [-0.05, 0) is 44.0 Å². The van der Waals surface area contributed by atoms with E-state index < -0.39 is 0 Å². The average molecular weight is 451 g/mol. The molecule has 2 aromatic carbocycles. The molecule has 4 aromatic rings. The van der Waals surface area contributed by atoms with Gasteiger partial charge in [-0.3, -0.25) is 4.79 Å². The number of hydrogen-bond donors (Lipinski definition) is 1. The quantitative estimate of drug-likeness (QED) is 0.228. The summed E-state index contributed by atoms with van der Waals surface area (Å²) in [6.07, 6.45) is -0.165. The van der Waals surface area contributed by atoms with Gasteiger partial charge in [0.25, 0.3) is 5.56 Å². The van der Waals surface area contributed by atoms with Crippen LogP contribution in [-0.4, -0.2) is 22.0 Å². The molecule has 0 saturated heterocycles. The van der Waals surface area contributed by atoms with E-state index in [0.29, 0.717) is 21.9 Å². The Kier molecular flexibility index (Phi) is 6.25. The summed E-state index contributed by atoms with van der Waals surface area (Å²) in [5, 5.41) is 1.20. The number of ether oxygens (including phenoxy) is 1. The first kappa shape index (κ1) is 21.3. The standard InChI is InChI=1S/C24H22N2O3S2/c1-14(2)29-23(28)18-11-7-8-16(12-18)13-30-24-25-21(27)20-19(15(3)31-22(20)26-24)17-9-5-4-6-10-17/h4-12,14H,13H2,1-3H3,(H,25,26,27). The van der Waals surface area contributed by atoms with Gasteiger partial charge in [0.1, 0.15) is 4.83 Å². The lowest BCUT2D eigenvalue weighted by Gasteiger charge is -2.09. The number of carbonyl (C=O) groups excluding carboxylic acids is 1. The molecule has 0 amide bonds. The van der Waals surface area contributed by atoms with E-state index in [-0.39, 0.29) is 17.6 Å². The third kappa shape index (κ3) is 4.73. The van der Waals surface area contributed by atoms with Crippen molar-refractivity contribution in [2.45, 2.75) is 37.8 Å². The minimum Gasteiger partial charge on any atom is -0.459 e. The van der Waals surface area contributed by atoms with Crippen molar-refractivity contribution in [1.82, 2.24) is 9.97 Å². The fourth-order valence-electron chi connectivity index (χ4n) is 3.34. The van der Waals surface area contributed by atoms with Gasteiger partial charge in [0.15, 0.2) is 5.16 Å². The highest BCUT2D eigenvalue weighted by molar-refractivity contribution is 7.98. The molecule has 0 atom stereocenters. The van der Waals surface area contributed by atoms with Crippen molar-refractivity contribution in [3.8, 4) is 11.1 Å². The molecule has 4 rings (SSSR count). The summed E-state index contributed by atoms with van der Waals surface area (Å²) in [6.45, 7) is 5.67. The molecule has 0 saturated carbocycles. The van der Waals surface area contributed by atoms with Crippen molar-refractivity contribution in [3.63, 3.8) is 0 Å². The number of aromatic amines is 1. The molecule has 0 aliphatic rings. The fourth-order valence-corrected chi connectivity index (χ4v) is 5.25. The van der Waals surface area contributed by atoms with E-state index in [1.165, 1.54) is 23.1 Å². The zero-order chi connectivity index (χ0) is 22.0. The molecular weight excluding hydrogens is 428 g/mol. The number of thioether (sulfide) groups is 1. The van der Waals surface area contributed by atoms with Gasteiger partial charge < -0.3 is 9.72 Å². The predicted octanol–water partition coefficient (Wildman–Crippen LogP) is 5.82. The highest BCUT2D eigenvalue weighted by Crippen LogP contribution is 2.36. The highest BCUT2D eigenvalue weighted by Gasteiger charge is 2.17. The topological polar surface area (TPSA) is 72.0 Å². The van der Waals surface area contributed by atoms with Crippen LogP contribution in [0, 0.1) is 6.92 Å². The van der Waals surface area contributed by atoms with Crippen LogP contribution in [0.5, 0.6) is 0 Å². The van der Waals surface area contributed by atoms with Crippen molar-refractivity contribution < 1.29 is 9.53 Å². The maximum absolute atomic E-state index is 12.9. The van der Waals surface area contributed by atoms with Gasteiger partial charge in [-0.2, -0.15) is 0 Å². The van der Waals surface area contributed by atoms with Crippen LogP contribution in [-0.2, 0) is 10.5 Å². The Morgan fingerprint density at radius 1 is 1.16 bits per heavy atom. The molecule has 7 heteroatoms. The first-order valence-electron chi connectivity index (χ1n) is 9.94. The smallest absolute Gasteiger partial charge is 0.338 e. The van der Waals surface area contributed by atoms with Crippen molar-refractivity contribution in [3.05, 3.63) is 81.0 Å². The van der Waals surface area contributed by atoms with Crippen molar-refractivity contribution in [1.29, 1.82) is 0 Å². The Morgan fingerprint density at radius 2 is 1.94 bits per heavy atom. The number of H-pyrrole nitrogens is 1. The maximum Gasteiger partial charge on any atom is 0.338 e. The number of aromatic nitrogens is 2. The highest BCUT2D eigenvalue weighted by atomic mass is 32.2. The fraction of sp³-hybridized carbons (Fsp3) is 0.208. The summed E-state index contributed by atoms with van der Waals surface area (Å²) in [7, 11) is 0. The zero-order valence-corrected chi connectivity index (χ0v) is 19.1. The van der Waals surface area contributed by atoms with Crippen LogP contribution in [0.15, 0.2) is 64.5 Å². The summed E-state index contributed by atoms with van der Waals surface area (Å²) in [6, 6.07) is 17.2. The molecule has 5 nitrogen and oxygen atoms in total. The van der Waals surface area contributed by atoms with Gasteiger partial charge in [-0.25, -0.2) is 9.78 Å². The monoisotopic (exact) mass is 450 g/mol. The van der Waals surface area contributed by atoms with Crippen LogP contribution in [0.3, 0.4) is 0 Å². The molecule has 0 aliphatic carbocycles. The van der Waals surface area contributed by atoms with Crippen LogP contribution >= 0.6 is 23.1 Å². The Morgan fingerprint density at radius 3 is 2.68 bits per heavy atom. The number of hydrogen-bond acceptors (Lipinski definition) is 6. The lowest BCUT2D eigenvalue weighted by atomic mass is 10.0. The van der Waals surface area contributed by atoms with Crippen molar-refractivity contribution >= 4 is 39.3 Å². The molecule has 0 unspecified atom stereocenters. The van der Waals surface area contributed by atoms with Gasteiger partial charge in [0.05, 0.1) is 17.1 Å². The molecule has 158 valence electrons. The number of carbonyl (C=O) groups is 1. The van der Waals surface area contributed by atoms with Crippen LogP contribution in [0.25, 0.3) is 21.3 Å². The predicted molar refractivity (Wildman–Crippen MR) is 127 cm³/mol. The molecule has 0 aliphatic heterocycles. The lowest BCUT2D eigenvalue weighted by molar-refractivity contribution is 0.0378. The number of nitrogens with one attached hydrogen (secondary N) is 1. The van der Waals surface area contributed by atoms with E-state index in [1.54, 1.807) is 6.07 Å². The number of benzene rings is 2. The van der Waals surface area contributed by atoms with E-state index >= 15 is 0 Å². The minimum atomic E-state index is -0.336. The molecule has 1 N–H and O–H groups in total. The number of aryl methyl sites for hydroxylation is 1. The molecule has 2 heterocycles. The van der Waals surface area contributed by atoms with Gasteiger partial charge in [0.2, 0.25) is 0 Å². The molecule has 2 aromatic heterocycles. The largest absolute Gasteiger partial charge is 0.459 e. The van der Waals surface area contributed by atoms with Gasteiger partial charge in [-0.15, -0.1) is 11.3 Å². The second kappa shape index (κ2) is 9.08. The number of nitrogens with zero attached hydrogens (tertiary/aromatic N) is 1. The summed E-state index contributed by atoms with van der Waals surface area (Å²) < 4.78 is 5.26. The van der Waals surface area contributed by atoms with Gasteiger partial charge >= 0.3 is 5.97 Å². The van der Waals surface area contributed by atoms with E-state index in [4.69, 9.17) is 4.74 Å². The van der Waals surface area contributed by atoms with Gasteiger partial charge in [-0.1, -0.05) is 54.2 Å². The van der Waals surface area contributed by atoms with E-state index in [2.05, 4.69) is 9.97 Å². The Labute approximate surface area is 188 Å². The van der Waals surface area contributed by atoms with Gasteiger partial charge in [0, 0.05) is 16.2 Å². The number of fused-ring (bicyclic) bond motifs is 1. The first-order chi connectivity index (χ1) is 14.9. The summed E-state index contributed by atoms with van der Waals surface area (Å²) in [4.78, 5) is 34.4. The van der Waals surface area contributed by atoms with Crippen LogP contribution in [0.4, 0.5) is 0 Å². The Balaban J connectivity index is 1.58. The lowest BCUT2D eigenvalue weighted by Crippen LogP contribution is -2.11. The zero-order valence-electron chi connectivity index (χ0n) is 17.5. The summed E-state index contributed by atoms with van der Waals surface area (Å²) in [5.74, 6) is 0.241. The normalized spacial score (nSPS) is 11.2. The van der Waals surface area contributed by atoms with Crippen LogP contribution in [0.2, 0.25) is 0 Å². The number of esters is 1. The van der Waals surface area contributed by atoms with E-state index in [0.717, 1.165) is 26.4 Å². The summed E-state index contributed by atoms with van der Waals surface area (Å²) >= 11 is 2.97. The Hall–Kier alpha value is -2.90. The summed E-state index contributed by atoms with van der Waals surface area (Å²) in [5.41, 5.74) is 3.31. The molecule has 0 bridgehead atoms. The average Bonchev–Trinajstić information content (AvgIpc) is 3.09. The SMILES string of the molecule is Cc1sc2nc(SCc3cccc(C(=O)OC(C)C)c3)[nH]c(=O)c2c1-c1ccccc1. The third-order valence-electron chi connectivity index (χ3n) is 4.66. The van der Waals surface area contributed by atoms with Crippen molar-refractivity contribution in [2.24, 2.45) is 0 Å². The third-order valence-corrected chi connectivity index (χ3v) is 6.60. The molecule has 31 heavy (non-hydrogen) atoms.